The zero-order valence-corrected chi connectivity index (χ0v) is 14.8. The molecule has 0 amide bonds. The van der Waals surface area contributed by atoms with Crippen molar-refractivity contribution in [2.24, 2.45) is 0 Å². The molecule has 0 unspecified atom stereocenters. The molecule has 0 aliphatic carbocycles. The Balaban J connectivity index is 1.56. The van der Waals surface area contributed by atoms with E-state index in [1.807, 2.05) is 18.2 Å². The van der Waals surface area contributed by atoms with Crippen LogP contribution in [-0.4, -0.2) is 9.97 Å². The van der Waals surface area contributed by atoms with E-state index in [-0.39, 0.29) is 11.8 Å². The molecule has 4 N–H and O–H groups in total. The standard InChI is InChI=1S/C17H13Cl2FN6/c18-12-4-3-10(5-13(12)19)23-16-14(20)8-21-17(25-16)24-11-2-1-9-7-22-26-15(9)6-11/h1-6,8,22,26H,7H2,(H2,21,23,24,25). The third-order valence-corrected chi connectivity index (χ3v) is 4.53. The summed E-state index contributed by atoms with van der Waals surface area (Å²) < 4.78 is 14.1. The zero-order valence-electron chi connectivity index (χ0n) is 13.3. The van der Waals surface area contributed by atoms with E-state index in [2.05, 4.69) is 31.5 Å². The highest BCUT2D eigenvalue weighted by Crippen LogP contribution is 2.28. The number of hydrogen-bond donors (Lipinski definition) is 4. The van der Waals surface area contributed by atoms with Gasteiger partial charge in [0.1, 0.15) is 0 Å². The van der Waals surface area contributed by atoms with E-state index in [9.17, 15) is 4.39 Å². The minimum Gasteiger partial charge on any atom is -0.338 e. The molecule has 4 rings (SSSR count). The maximum absolute atomic E-state index is 14.1. The van der Waals surface area contributed by atoms with Crippen LogP contribution in [0.2, 0.25) is 10.0 Å². The first-order valence-electron chi connectivity index (χ1n) is 7.72. The van der Waals surface area contributed by atoms with Crippen LogP contribution in [0.25, 0.3) is 0 Å². The Kier molecular flexibility index (Phi) is 4.50. The third-order valence-electron chi connectivity index (χ3n) is 3.79. The second-order valence-corrected chi connectivity index (χ2v) is 6.43. The summed E-state index contributed by atoms with van der Waals surface area (Å²) in [5.41, 5.74) is 9.60. The van der Waals surface area contributed by atoms with Crippen LogP contribution in [0.3, 0.4) is 0 Å². The molecule has 132 valence electrons. The molecule has 0 saturated carbocycles. The fourth-order valence-electron chi connectivity index (χ4n) is 2.51. The molecule has 26 heavy (non-hydrogen) atoms. The van der Waals surface area contributed by atoms with Gasteiger partial charge in [0.05, 0.1) is 21.9 Å². The van der Waals surface area contributed by atoms with Gasteiger partial charge in [0, 0.05) is 17.9 Å². The highest BCUT2D eigenvalue weighted by Gasteiger charge is 2.12. The largest absolute Gasteiger partial charge is 0.338 e. The second kappa shape index (κ2) is 6.95. The molecule has 0 fully saturated rings. The molecule has 0 spiro atoms. The van der Waals surface area contributed by atoms with Gasteiger partial charge in [-0.15, -0.1) is 0 Å². The Hall–Kier alpha value is -2.61. The maximum Gasteiger partial charge on any atom is 0.229 e. The number of aromatic nitrogens is 2. The number of benzene rings is 2. The molecule has 2 aromatic carbocycles. The van der Waals surface area contributed by atoms with Crippen LogP contribution in [0.1, 0.15) is 5.56 Å². The third kappa shape index (κ3) is 3.50. The van der Waals surface area contributed by atoms with Crippen molar-refractivity contribution in [3.8, 4) is 0 Å². The van der Waals surface area contributed by atoms with Gasteiger partial charge < -0.3 is 16.1 Å². The number of rotatable bonds is 4. The number of nitrogens with one attached hydrogen (secondary N) is 4. The number of hydrogen-bond acceptors (Lipinski definition) is 6. The normalized spacial score (nSPS) is 12.4. The lowest BCUT2D eigenvalue weighted by atomic mass is 10.2. The van der Waals surface area contributed by atoms with E-state index < -0.39 is 5.82 Å². The number of anilines is 5. The van der Waals surface area contributed by atoms with Crippen molar-refractivity contribution in [1.29, 1.82) is 0 Å². The van der Waals surface area contributed by atoms with Crippen molar-refractivity contribution in [2.45, 2.75) is 6.54 Å². The Labute approximate surface area is 158 Å². The number of halogens is 3. The van der Waals surface area contributed by atoms with Crippen LogP contribution in [0.5, 0.6) is 0 Å². The van der Waals surface area contributed by atoms with Crippen molar-refractivity contribution in [1.82, 2.24) is 15.4 Å². The molecule has 1 aliphatic heterocycles. The summed E-state index contributed by atoms with van der Waals surface area (Å²) >= 11 is 11.9. The first-order chi connectivity index (χ1) is 12.6. The van der Waals surface area contributed by atoms with Crippen LogP contribution in [-0.2, 0) is 6.54 Å². The predicted molar refractivity (Wildman–Crippen MR) is 102 cm³/mol. The minimum atomic E-state index is -0.582. The van der Waals surface area contributed by atoms with Gasteiger partial charge in [-0.2, -0.15) is 4.98 Å². The van der Waals surface area contributed by atoms with E-state index >= 15 is 0 Å². The van der Waals surface area contributed by atoms with Gasteiger partial charge in [0.25, 0.3) is 0 Å². The molecule has 0 atom stereocenters. The molecule has 0 bridgehead atoms. The van der Waals surface area contributed by atoms with E-state index in [0.29, 0.717) is 15.7 Å². The Morgan fingerprint density at radius 3 is 2.65 bits per heavy atom. The molecule has 1 aliphatic rings. The van der Waals surface area contributed by atoms with Gasteiger partial charge in [-0.1, -0.05) is 29.3 Å². The average molecular weight is 391 g/mol. The molecule has 2 heterocycles. The fourth-order valence-corrected chi connectivity index (χ4v) is 2.81. The Morgan fingerprint density at radius 2 is 1.81 bits per heavy atom. The fraction of sp³-hybridized carbons (Fsp3) is 0.0588. The topological polar surface area (TPSA) is 73.9 Å². The zero-order chi connectivity index (χ0) is 18.1. The number of fused-ring (bicyclic) bond motifs is 1. The van der Waals surface area contributed by atoms with Crippen molar-refractivity contribution in [2.75, 3.05) is 16.1 Å². The summed E-state index contributed by atoms with van der Waals surface area (Å²) in [7, 11) is 0. The van der Waals surface area contributed by atoms with Gasteiger partial charge in [-0.3, -0.25) is 0 Å². The molecular weight excluding hydrogens is 378 g/mol. The molecule has 0 saturated heterocycles. The molecule has 6 nitrogen and oxygen atoms in total. The first-order valence-corrected chi connectivity index (χ1v) is 8.47. The molecular formula is C17H13Cl2FN6. The summed E-state index contributed by atoms with van der Waals surface area (Å²) in [5.74, 6) is -0.289. The number of hydrazine groups is 1. The molecule has 0 radical (unpaired) electrons. The van der Waals surface area contributed by atoms with Crippen LogP contribution in [0.4, 0.5) is 33.2 Å². The van der Waals surface area contributed by atoms with Gasteiger partial charge in [0.15, 0.2) is 11.6 Å². The van der Waals surface area contributed by atoms with Crippen molar-refractivity contribution >= 4 is 52.0 Å². The second-order valence-electron chi connectivity index (χ2n) is 5.62. The highest BCUT2D eigenvalue weighted by atomic mass is 35.5. The summed E-state index contributed by atoms with van der Waals surface area (Å²) in [4.78, 5) is 8.17. The van der Waals surface area contributed by atoms with Crippen LogP contribution >= 0.6 is 23.2 Å². The van der Waals surface area contributed by atoms with Crippen molar-refractivity contribution in [3.63, 3.8) is 0 Å². The van der Waals surface area contributed by atoms with Crippen LogP contribution in [0.15, 0.2) is 42.6 Å². The first kappa shape index (κ1) is 16.8. The van der Waals surface area contributed by atoms with Gasteiger partial charge in [-0.25, -0.2) is 14.8 Å². The quantitative estimate of drug-likeness (QED) is 0.510. The smallest absolute Gasteiger partial charge is 0.229 e. The Morgan fingerprint density at radius 1 is 1.00 bits per heavy atom. The number of nitrogens with zero attached hydrogens (tertiary/aromatic N) is 2. The molecule has 3 aromatic rings. The van der Waals surface area contributed by atoms with Gasteiger partial charge >= 0.3 is 0 Å². The Bertz CT molecular complexity index is 981. The molecule has 9 heteroatoms. The molecule has 1 aromatic heterocycles. The minimum absolute atomic E-state index is 0.0295. The summed E-state index contributed by atoms with van der Waals surface area (Å²) in [5, 5.41) is 6.72. The summed E-state index contributed by atoms with van der Waals surface area (Å²) in [6.45, 7) is 0.764. The lowest BCUT2D eigenvalue weighted by Gasteiger charge is -2.11. The lowest BCUT2D eigenvalue weighted by molar-refractivity contribution is 0.619. The average Bonchev–Trinajstić information content (AvgIpc) is 3.09. The van der Waals surface area contributed by atoms with Gasteiger partial charge in [-0.05, 0) is 35.9 Å². The van der Waals surface area contributed by atoms with Crippen molar-refractivity contribution < 1.29 is 4.39 Å². The van der Waals surface area contributed by atoms with E-state index in [1.54, 1.807) is 18.2 Å². The highest BCUT2D eigenvalue weighted by molar-refractivity contribution is 6.42. The lowest BCUT2D eigenvalue weighted by Crippen LogP contribution is -2.10. The predicted octanol–water partition coefficient (Wildman–Crippen LogP) is 4.84. The summed E-state index contributed by atoms with van der Waals surface area (Å²) in [6.07, 6.45) is 1.10. The van der Waals surface area contributed by atoms with E-state index in [4.69, 9.17) is 23.2 Å². The summed E-state index contributed by atoms with van der Waals surface area (Å²) in [6, 6.07) is 10.7. The monoisotopic (exact) mass is 390 g/mol. The van der Waals surface area contributed by atoms with Gasteiger partial charge in [0.2, 0.25) is 5.95 Å². The SMILES string of the molecule is Fc1cnc(Nc2ccc3c(c2)NNC3)nc1Nc1ccc(Cl)c(Cl)c1. The van der Waals surface area contributed by atoms with Crippen LogP contribution in [0, 0.1) is 5.82 Å². The van der Waals surface area contributed by atoms with E-state index in [1.165, 1.54) is 0 Å². The van der Waals surface area contributed by atoms with Crippen LogP contribution < -0.4 is 21.5 Å². The van der Waals surface area contributed by atoms with E-state index in [0.717, 1.165) is 29.7 Å². The van der Waals surface area contributed by atoms with Crippen molar-refractivity contribution in [3.05, 3.63) is 64.0 Å². The maximum atomic E-state index is 14.1.